The molecule has 0 atom stereocenters. The van der Waals surface area contributed by atoms with Crippen LogP contribution in [0.1, 0.15) is 31.9 Å². The summed E-state index contributed by atoms with van der Waals surface area (Å²) in [5.41, 5.74) is 1.57. The van der Waals surface area contributed by atoms with Gasteiger partial charge >= 0.3 is 0 Å². The molecule has 0 heterocycles. The van der Waals surface area contributed by atoms with Crippen LogP contribution in [0, 0.1) is 6.92 Å². The van der Waals surface area contributed by atoms with Crippen molar-refractivity contribution >= 4 is 10.0 Å². The molecule has 0 radical (unpaired) electrons. The zero-order chi connectivity index (χ0) is 14.0. The van der Waals surface area contributed by atoms with E-state index in [0.717, 1.165) is 5.56 Å². The maximum Gasteiger partial charge on any atom is 0.240 e. The Morgan fingerprint density at radius 1 is 1.28 bits per heavy atom. The van der Waals surface area contributed by atoms with Crippen molar-refractivity contribution in [1.82, 2.24) is 4.72 Å². The summed E-state index contributed by atoms with van der Waals surface area (Å²) in [5.74, 6) is 0. The summed E-state index contributed by atoms with van der Waals surface area (Å²) < 4.78 is 26.5. The van der Waals surface area contributed by atoms with Gasteiger partial charge in [-0.05, 0) is 29.5 Å². The Kier molecular flexibility index (Phi) is 4.53. The number of benzene rings is 1. The summed E-state index contributed by atoms with van der Waals surface area (Å²) in [4.78, 5) is 0.281. The van der Waals surface area contributed by atoms with Gasteiger partial charge in [-0.2, -0.15) is 0 Å². The van der Waals surface area contributed by atoms with E-state index in [1.54, 1.807) is 13.0 Å². The first kappa shape index (κ1) is 15.1. The third-order valence-corrected chi connectivity index (χ3v) is 4.35. The van der Waals surface area contributed by atoms with Gasteiger partial charge in [0.05, 0.1) is 11.5 Å². The highest BCUT2D eigenvalue weighted by Crippen LogP contribution is 2.26. The van der Waals surface area contributed by atoms with E-state index in [0.29, 0.717) is 5.56 Å². The van der Waals surface area contributed by atoms with E-state index in [2.05, 4.69) is 4.72 Å². The molecular formula is C13H21NO3S. The number of hydrogen-bond donors (Lipinski definition) is 2. The number of sulfonamides is 1. The quantitative estimate of drug-likeness (QED) is 0.873. The maximum atomic E-state index is 12.1. The summed E-state index contributed by atoms with van der Waals surface area (Å²) in [6, 6.07) is 5.46. The molecule has 0 saturated carbocycles. The third kappa shape index (κ3) is 3.54. The first-order chi connectivity index (χ1) is 8.18. The average molecular weight is 271 g/mol. The molecule has 1 aromatic carbocycles. The molecule has 0 saturated heterocycles. The number of aryl methyl sites for hydroxylation is 1. The van der Waals surface area contributed by atoms with Crippen molar-refractivity contribution in [1.29, 1.82) is 0 Å². The van der Waals surface area contributed by atoms with Gasteiger partial charge in [-0.3, -0.25) is 0 Å². The van der Waals surface area contributed by atoms with Crippen molar-refractivity contribution in [3.63, 3.8) is 0 Å². The highest BCUT2D eigenvalue weighted by atomic mass is 32.2. The molecule has 4 nitrogen and oxygen atoms in total. The lowest BCUT2D eigenvalue weighted by Crippen LogP contribution is -2.27. The van der Waals surface area contributed by atoms with Crippen LogP contribution in [0.25, 0.3) is 0 Å². The van der Waals surface area contributed by atoms with Crippen LogP contribution in [-0.4, -0.2) is 26.7 Å². The molecule has 1 aromatic rings. The Balaban J connectivity index is 3.24. The SMILES string of the molecule is Cc1ccc(C(C)(C)C)cc1S(=O)(=O)NCCO. The fourth-order valence-electron chi connectivity index (χ4n) is 1.61. The number of aliphatic hydroxyl groups is 1. The van der Waals surface area contributed by atoms with E-state index < -0.39 is 10.0 Å². The minimum absolute atomic E-state index is 0.0293. The first-order valence-corrected chi connectivity index (χ1v) is 7.38. The molecule has 0 fully saturated rings. The lowest BCUT2D eigenvalue weighted by molar-refractivity contribution is 0.301. The molecule has 2 N–H and O–H groups in total. The fraction of sp³-hybridized carbons (Fsp3) is 0.538. The second kappa shape index (κ2) is 5.38. The van der Waals surface area contributed by atoms with E-state index in [1.165, 1.54) is 0 Å². The molecule has 0 aromatic heterocycles. The van der Waals surface area contributed by atoms with E-state index in [1.807, 2.05) is 32.9 Å². The highest BCUT2D eigenvalue weighted by molar-refractivity contribution is 7.89. The van der Waals surface area contributed by atoms with Crippen molar-refractivity contribution in [3.8, 4) is 0 Å². The summed E-state index contributed by atoms with van der Waals surface area (Å²) in [5, 5.41) is 8.70. The lowest BCUT2D eigenvalue weighted by Gasteiger charge is -2.20. The predicted molar refractivity (Wildman–Crippen MR) is 72.2 cm³/mol. The standard InChI is InChI=1S/C13H21NO3S/c1-10-5-6-11(13(2,3)4)9-12(10)18(16,17)14-7-8-15/h5-6,9,14-15H,7-8H2,1-4H3. The molecule has 5 heteroatoms. The zero-order valence-corrected chi connectivity index (χ0v) is 12.1. The van der Waals surface area contributed by atoms with Gasteiger partial charge in [-0.15, -0.1) is 0 Å². The lowest BCUT2D eigenvalue weighted by atomic mass is 9.87. The summed E-state index contributed by atoms with van der Waals surface area (Å²) >= 11 is 0. The van der Waals surface area contributed by atoms with Crippen molar-refractivity contribution in [2.45, 2.75) is 38.0 Å². The van der Waals surface area contributed by atoms with Gasteiger partial charge in [-0.1, -0.05) is 32.9 Å². The highest BCUT2D eigenvalue weighted by Gasteiger charge is 2.20. The number of hydrogen-bond acceptors (Lipinski definition) is 3. The van der Waals surface area contributed by atoms with E-state index >= 15 is 0 Å². The molecule has 102 valence electrons. The van der Waals surface area contributed by atoms with Crippen LogP contribution in [0.3, 0.4) is 0 Å². The van der Waals surface area contributed by atoms with Crippen LogP contribution in [0.4, 0.5) is 0 Å². The smallest absolute Gasteiger partial charge is 0.240 e. The van der Waals surface area contributed by atoms with Crippen molar-refractivity contribution in [2.75, 3.05) is 13.2 Å². The summed E-state index contributed by atoms with van der Waals surface area (Å²) in [6.07, 6.45) is 0. The second-order valence-electron chi connectivity index (χ2n) is 5.35. The van der Waals surface area contributed by atoms with Crippen molar-refractivity contribution in [2.24, 2.45) is 0 Å². The Morgan fingerprint density at radius 3 is 2.39 bits per heavy atom. The van der Waals surface area contributed by atoms with Gasteiger partial charge in [0, 0.05) is 6.54 Å². The average Bonchev–Trinajstić information content (AvgIpc) is 2.25. The molecule has 0 bridgehead atoms. The van der Waals surface area contributed by atoms with Gasteiger partial charge in [0.1, 0.15) is 0 Å². The Labute approximate surface area is 109 Å². The van der Waals surface area contributed by atoms with Crippen LogP contribution in [0.15, 0.2) is 23.1 Å². The minimum Gasteiger partial charge on any atom is -0.395 e. The Morgan fingerprint density at radius 2 is 1.89 bits per heavy atom. The monoisotopic (exact) mass is 271 g/mol. The Hall–Kier alpha value is -0.910. The van der Waals surface area contributed by atoms with Gasteiger partial charge in [0.15, 0.2) is 0 Å². The van der Waals surface area contributed by atoms with Crippen molar-refractivity contribution in [3.05, 3.63) is 29.3 Å². The molecule has 1 rings (SSSR count). The largest absolute Gasteiger partial charge is 0.395 e. The number of rotatable bonds is 4. The van der Waals surface area contributed by atoms with Gasteiger partial charge in [0.2, 0.25) is 10.0 Å². The van der Waals surface area contributed by atoms with Crippen LogP contribution in [0.2, 0.25) is 0 Å². The number of aliphatic hydroxyl groups excluding tert-OH is 1. The second-order valence-corrected chi connectivity index (χ2v) is 7.09. The van der Waals surface area contributed by atoms with E-state index in [4.69, 9.17) is 5.11 Å². The molecule has 0 amide bonds. The van der Waals surface area contributed by atoms with Crippen LogP contribution in [0.5, 0.6) is 0 Å². The normalized spacial score (nSPS) is 12.7. The summed E-state index contributed by atoms with van der Waals surface area (Å²) in [7, 11) is -3.55. The maximum absolute atomic E-state index is 12.1. The molecule has 0 aliphatic heterocycles. The minimum atomic E-state index is -3.55. The summed E-state index contributed by atoms with van der Waals surface area (Å²) in [6.45, 7) is 7.69. The van der Waals surface area contributed by atoms with E-state index in [-0.39, 0.29) is 23.5 Å². The van der Waals surface area contributed by atoms with E-state index in [9.17, 15) is 8.42 Å². The van der Waals surface area contributed by atoms with Gasteiger partial charge in [0.25, 0.3) is 0 Å². The molecule has 0 aliphatic rings. The van der Waals surface area contributed by atoms with Gasteiger partial charge < -0.3 is 5.11 Å². The molecule has 0 unspecified atom stereocenters. The molecule has 0 aliphatic carbocycles. The zero-order valence-electron chi connectivity index (χ0n) is 11.3. The Bertz CT molecular complexity index is 516. The van der Waals surface area contributed by atoms with Crippen LogP contribution in [-0.2, 0) is 15.4 Å². The predicted octanol–water partition coefficient (Wildman–Crippen LogP) is 1.56. The molecular weight excluding hydrogens is 250 g/mol. The van der Waals surface area contributed by atoms with Crippen molar-refractivity contribution < 1.29 is 13.5 Å². The van der Waals surface area contributed by atoms with Crippen LogP contribution < -0.4 is 4.72 Å². The van der Waals surface area contributed by atoms with Gasteiger partial charge in [-0.25, -0.2) is 13.1 Å². The fourth-order valence-corrected chi connectivity index (χ4v) is 2.90. The first-order valence-electron chi connectivity index (χ1n) is 5.90. The van der Waals surface area contributed by atoms with Crippen LogP contribution >= 0.6 is 0 Å². The molecule has 0 spiro atoms. The third-order valence-electron chi connectivity index (χ3n) is 2.75. The topological polar surface area (TPSA) is 66.4 Å². The number of nitrogens with one attached hydrogen (secondary N) is 1. The molecule has 18 heavy (non-hydrogen) atoms.